The van der Waals surface area contributed by atoms with Gasteiger partial charge in [-0.25, -0.2) is 17.9 Å². The number of ether oxygens (including phenoxy) is 2. The molecule has 0 fully saturated rings. The van der Waals surface area contributed by atoms with E-state index in [1.54, 1.807) is 30.3 Å². The summed E-state index contributed by atoms with van der Waals surface area (Å²) >= 11 is 0. The average molecular weight is 465 g/mol. The van der Waals surface area contributed by atoms with Gasteiger partial charge in [0.25, 0.3) is 0 Å². The smallest absolute Gasteiger partial charge is 0.331 e. The van der Waals surface area contributed by atoms with Crippen LogP contribution in [0.1, 0.15) is 0 Å². The quantitative estimate of drug-likeness (QED) is 0.294. The first kappa shape index (κ1) is 23.0. The van der Waals surface area contributed by atoms with Crippen molar-refractivity contribution < 1.29 is 23.0 Å². The third kappa shape index (κ3) is 5.54. The van der Waals surface area contributed by atoms with E-state index in [2.05, 4.69) is 29.7 Å². The molecule has 3 rings (SSSR count). The first-order valence-electron chi connectivity index (χ1n) is 9.79. The number of sulfonamides is 1. The van der Waals surface area contributed by atoms with Crippen molar-refractivity contribution in [3.05, 3.63) is 36.5 Å². The summed E-state index contributed by atoms with van der Waals surface area (Å²) < 4.78 is 38.4. The number of aromatic nitrogens is 3. The van der Waals surface area contributed by atoms with Crippen LogP contribution in [0, 0.1) is 0 Å². The van der Waals surface area contributed by atoms with Crippen LogP contribution in [0.25, 0.3) is 16.8 Å². The van der Waals surface area contributed by atoms with E-state index < -0.39 is 24.1 Å². The van der Waals surface area contributed by atoms with Gasteiger partial charge in [-0.1, -0.05) is 37.8 Å². The molecule has 11 heteroatoms. The largest absolute Gasteiger partial charge is 0.478 e. The summed E-state index contributed by atoms with van der Waals surface area (Å²) in [4.78, 5) is 3.85. The molecule has 0 bridgehead atoms. The second-order valence-corrected chi connectivity index (χ2v) is 16.1. The van der Waals surface area contributed by atoms with E-state index in [1.165, 1.54) is 22.1 Å². The molecule has 0 amide bonds. The fraction of sp³-hybridized carbons (Fsp3) is 0.400. The van der Waals surface area contributed by atoms with Crippen LogP contribution in [0.3, 0.4) is 0 Å². The van der Waals surface area contributed by atoms with Crippen molar-refractivity contribution in [2.24, 2.45) is 0 Å². The van der Waals surface area contributed by atoms with Gasteiger partial charge in [0.05, 0.1) is 23.8 Å². The Bertz CT molecular complexity index is 1170. The van der Waals surface area contributed by atoms with Gasteiger partial charge in [0.15, 0.2) is 12.5 Å². The Balaban J connectivity index is 1.97. The summed E-state index contributed by atoms with van der Waals surface area (Å²) in [6.07, 6.45) is 2.59. The Kier molecular flexibility index (Phi) is 6.58. The molecule has 9 nitrogen and oxygen atoms in total. The van der Waals surface area contributed by atoms with Crippen molar-refractivity contribution in [2.75, 3.05) is 31.0 Å². The summed E-state index contributed by atoms with van der Waals surface area (Å²) in [6.45, 7) is 7.52. The van der Waals surface area contributed by atoms with Gasteiger partial charge in [-0.3, -0.25) is 4.31 Å². The van der Waals surface area contributed by atoms with Gasteiger partial charge in [0.2, 0.25) is 10.0 Å². The van der Waals surface area contributed by atoms with Gasteiger partial charge >= 0.3 is 6.01 Å². The van der Waals surface area contributed by atoms with E-state index in [1.807, 2.05) is 0 Å². The first-order chi connectivity index (χ1) is 14.5. The Morgan fingerprint density at radius 1 is 1.23 bits per heavy atom. The molecular weight excluding hydrogens is 436 g/mol. The number of nitrogens with zero attached hydrogens (tertiary/aromatic N) is 4. The van der Waals surface area contributed by atoms with Crippen molar-refractivity contribution in [1.82, 2.24) is 14.6 Å². The Morgan fingerprint density at radius 2 is 1.94 bits per heavy atom. The molecule has 2 aromatic heterocycles. The summed E-state index contributed by atoms with van der Waals surface area (Å²) in [5.41, 5.74) is 2.16. The van der Waals surface area contributed by atoms with Gasteiger partial charge < -0.3 is 14.6 Å². The summed E-state index contributed by atoms with van der Waals surface area (Å²) in [7, 11) is -3.19. The molecule has 0 radical (unpaired) electrons. The third-order valence-electron chi connectivity index (χ3n) is 4.78. The number of aromatic hydroxyl groups is 1. The number of hydrogen-bond donors (Lipinski definition) is 1. The zero-order chi connectivity index (χ0) is 22.8. The molecule has 168 valence electrons. The molecule has 0 aliphatic heterocycles. The zero-order valence-corrected chi connectivity index (χ0v) is 20.2. The van der Waals surface area contributed by atoms with E-state index in [0.717, 1.165) is 12.3 Å². The Morgan fingerprint density at radius 3 is 2.61 bits per heavy atom. The molecule has 1 aromatic carbocycles. The number of benzene rings is 1. The van der Waals surface area contributed by atoms with Gasteiger partial charge in [0, 0.05) is 33.4 Å². The fourth-order valence-corrected chi connectivity index (χ4v) is 4.22. The highest BCUT2D eigenvalue weighted by Crippen LogP contribution is 2.36. The van der Waals surface area contributed by atoms with Crippen molar-refractivity contribution in [3.63, 3.8) is 0 Å². The molecule has 0 aliphatic rings. The number of anilines is 1. The molecule has 3 aromatic rings. The topological polar surface area (TPSA) is 106 Å². The second-order valence-electron chi connectivity index (χ2n) is 8.48. The number of fused-ring (bicyclic) bond motifs is 1. The van der Waals surface area contributed by atoms with Crippen LogP contribution in [0.5, 0.6) is 11.8 Å². The predicted octanol–water partition coefficient (Wildman–Crippen LogP) is 3.19. The summed E-state index contributed by atoms with van der Waals surface area (Å²) in [5.74, 6) is 0.472. The zero-order valence-electron chi connectivity index (χ0n) is 18.4. The molecule has 0 saturated heterocycles. The van der Waals surface area contributed by atoms with Crippen LogP contribution in [-0.2, 0) is 14.8 Å². The molecular formula is C20H28N4O5SSi. The van der Waals surface area contributed by atoms with Crippen LogP contribution < -0.4 is 9.04 Å². The standard InChI is InChI=1S/C20H28N4O5SSi/c1-23(30(2,26)27)16-9-7-6-8-15(16)17-12-19(18-13-21-20(25)22-24(17)18)29-14-28-10-11-31(3,4)5/h6-9,12-13H,10-11,14H2,1-5H3,(H,22,25). The minimum absolute atomic E-state index is 0.0648. The van der Waals surface area contributed by atoms with Crippen LogP contribution in [0.4, 0.5) is 5.69 Å². The molecule has 2 heterocycles. The molecule has 0 spiro atoms. The Hall–Kier alpha value is -2.63. The minimum Gasteiger partial charge on any atom is -0.478 e. The maximum atomic E-state index is 12.1. The van der Waals surface area contributed by atoms with Gasteiger partial charge in [0.1, 0.15) is 5.52 Å². The maximum Gasteiger partial charge on any atom is 0.331 e. The highest BCUT2D eigenvalue weighted by atomic mass is 32.2. The number of rotatable bonds is 9. The van der Waals surface area contributed by atoms with Crippen LogP contribution in [-0.4, -0.2) is 62.9 Å². The van der Waals surface area contributed by atoms with Crippen LogP contribution in [0.2, 0.25) is 25.7 Å². The summed E-state index contributed by atoms with van der Waals surface area (Å²) in [5, 5.41) is 13.9. The highest BCUT2D eigenvalue weighted by Gasteiger charge is 2.21. The third-order valence-corrected chi connectivity index (χ3v) is 7.68. The maximum absolute atomic E-state index is 12.1. The molecule has 0 atom stereocenters. The van der Waals surface area contributed by atoms with Crippen molar-refractivity contribution in [1.29, 1.82) is 0 Å². The molecule has 0 unspecified atom stereocenters. The van der Waals surface area contributed by atoms with Gasteiger partial charge in [-0.2, -0.15) is 0 Å². The van der Waals surface area contributed by atoms with E-state index in [-0.39, 0.29) is 6.79 Å². The highest BCUT2D eigenvalue weighted by molar-refractivity contribution is 7.92. The van der Waals surface area contributed by atoms with Gasteiger partial charge in [-0.15, -0.1) is 5.10 Å². The first-order valence-corrected chi connectivity index (χ1v) is 15.3. The van der Waals surface area contributed by atoms with Crippen LogP contribution >= 0.6 is 0 Å². The lowest BCUT2D eigenvalue weighted by Crippen LogP contribution is -2.25. The molecule has 1 N–H and O–H groups in total. The lowest BCUT2D eigenvalue weighted by atomic mass is 10.1. The molecule has 0 saturated carbocycles. The van der Waals surface area contributed by atoms with E-state index >= 15 is 0 Å². The van der Waals surface area contributed by atoms with E-state index in [4.69, 9.17) is 9.47 Å². The lowest BCUT2D eigenvalue weighted by molar-refractivity contribution is 0.0230. The molecule has 31 heavy (non-hydrogen) atoms. The van der Waals surface area contributed by atoms with Crippen molar-refractivity contribution in [3.8, 4) is 23.0 Å². The number of para-hydroxylation sites is 1. The predicted molar refractivity (Wildman–Crippen MR) is 123 cm³/mol. The summed E-state index contributed by atoms with van der Waals surface area (Å²) in [6, 6.07) is 9.40. The lowest BCUT2D eigenvalue weighted by Gasteiger charge is -2.19. The minimum atomic E-state index is -3.48. The molecule has 0 aliphatic carbocycles. The monoisotopic (exact) mass is 464 g/mol. The normalized spacial score (nSPS) is 12.3. The van der Waals surface area contributed by atoms with E-state index in [0.29, 0.717) is 34.8 Å². The van der Waals surface area contributed by atoms with Crippen molar-refractivity contribution >= 4 is 29.3 Å². The fourth-order valence-electron chi connectivity index (χ4n) is 2.95. The second kappa shape index (κ2) is 8.85. The van der Waals surface area contributed by atoms with Gasteiger partial charge in [-0.05, 0) is 12.1 Å². The van der Waals surface area contributed by atoms with Crippen LogP contribution in [0.15, 0.2) is 36.5 Å². The van der Waals surface area contributed by atoms with Crippen molar-refractivity contribution in [2.45, 2.75) is 25.7 Å². The Labute approximate surface area is 183 Å². The number of hydrogen-bond acceptors (Lipinski definition) is 7. The SMILES string of the molecule is CN(c1ccccc1-c1cc(OCOCC[Si](C)(C)C)c2cnc(O)nn12)S(C)(=O)=O. The van der Waals surface area contributed by atoms with E-state index in [9.17, 15) is 13.5 Å². The average Bonchev–Trinajstić information content (AvgIpc) is 3.03.